The van der Waals surface area contributed by atoms with Crippen molar-refractivity contribution in [2.24, 2.45) is 0 Å². The molecule has 31 heavy (non-hydrogen) atoms. The number of pyridine rings is 1. The van der Waals surface area contributed by atoms with Gasteiger partial charge in [-0.15, -0.1) is 0 Å². The lowest BCUT2D eigenvalue weighted by molar-refractivity contribution is -0.892. The number of anilines is 2. The quantitative estimate of drug-likeness (QED) is 0.524. The zero-order valence-corrected chi connectivity index (χ0v) is 17.9. The number of carbonyl (C=O) groups excluding carboxylic acids is 1. The van der Waals surface area contributed by atoms with Gasteiger partial charge in [-0.3, -0.25) is 9.69 Å². The van der Waals surface area contributed by atoms with Crippen LogP contribution in [0.1, 0.15) is 6.92 Å². The number of quaternary nitrogens is 1. The van der Waals surface area contributed by atoms with Crippen LogP contribution in [0, 0.1) is 0 Å². The third-order valence-corrected chi connectivity index (χ3v) is 6.29. The van der Waals surface area contributed by atoms with Crippen LogP contribution in [0.3, 0.4) is 0 Å². The minimum Gasteiger partial charge on any atom is -0.341 e. The zero-order chi connectivity index (χ0) is 21.2. The first kappa shape index (κ1) is 19.6. The monoisotopic (exact) mass is 415 g/mol. The molecule has 2 aromatic carbocycles. The maximum Gasteiger partial charge on any atom is 0.279 e. The number of hydrogen-bond donors (Lipinski definition) is 2. The summed E-state index contributed by atoms with van der Waals surface area (Å²) in [6.07, 6.45) is 1.96. The average Bonchev–Trinajstić information content (AvgIpc) is 3.13. The number of aromatic amines is 1. The molecule has 1 aliphatic rings. The first-order chi connectivity index (χ1) is 15.2. The minimum absolute atomic E-state index is 0.0771. The number of amides is 1. The van der Waals surface area contributed by atoms with Crippen LogP contribution >= 0.6 is 0 Å². The van der Waals surface area contributed by atoms with Gasteiger partial charge in [0.15, 0.2) is 6.54 Å². The molecule has 158 valence electrons. The molecule has 3 N–H and O–H groups in total. The number of nitrogens with one attached hydrogen (secondary N) is 3. The molecular formula is C25H29N5O+2. The van der Waals surface area contributed by atoms with E-state index >= 15 is 0 Å². The Kier molecular flexibility index (Phi) is 5.30. The predicted octanol–water partition coefficient (Wildman–Crippen LogP) is 1.97. The molecule has 6 heteroatoms. The minimum atomic E-state index is 0.0771. The number of aromatic nitrogens is 2. The fourth-order valence-electron chi connectivity index (χ4n) is 4.73. The lowest BCUT2D eigenvalue weighted by Crippen LogP contribution is -3.15. The van der Waals surface area contributed by atoms with Gasteiger partial charge in [0.25, 0.3) is 11.7 Å². The highest BCUT2D eigenvalue weighted by Crippen LogP contribution is 2.30. The highest BCUT2D eigenvalue weighted by atomic mass is 16.2. The van der Waals surface area contributed by atoms with E-state index in [4.69, 9.17) is 0 Å². The summed E-state index contributed by atoms with van der Waals surface area (Å²) in [5.74, 6) is 1.22. The van der Waals surface area contributed by atoms with E-state index in [0.717, 1.165) is 44.2 Å². The summed E-state index contributed by atoms with van der Waals surface area (Å²) in [5.41, 5.74) is 3.32. The smallest absolute Gasteiger partial charge is 0.279 e. The molecule has 1 aliphatic heterocycles. The van der Waals surface area contributed by atoms with Crippen molar-refractivity contribution < 1.29 is 14.7 Å². The van der Waals surface area contributed by atoms with Crippen molar-refractivity contribution in [2.75, 3.05) is 42.9 Å². The summed E-state index contributed by atoms with van der Waals surface area (Å²) >= 11 is 0. The molecule has 2 aromatic heterocycles. The third kappa shape index (κ3) is 3.86. The van der Waals surface area contributed by atoms with E-state index in [-0.39, 0.29) is 5.91 Å². The Bertz CT molecular complexity index is 1210. The number of para-hydroxylation sites is 1. The highest BCUT2D eigenvalue weighted by Gasteiger charge is 2.27. The Morgan fingerprint density at radius 1 is 1.00 bits per heavy atom. The molecule has 0 unspecified atom stereocenters. The molecule has 5 rings (SSSR count). The standard InChI is InChI=1S/C25H27N5O/c1-2-30-22-8-4-3-7-20(22)21-17-19(10-11-23(21)30)27-25(31)18-28-13-15-29(16-14-28)24-9-5-6-12-26-24/h3-12,17H,2,13-16,18H2,1H3,(H,27,31)/p+2. The van der Waals surface area contributed by atoms with E-state index in [2.05, 4.69) is 69.2 Å². The number of hydrogen-bond acceptors (Lipinski definition) is 2. The van der Waals surface area contributed by atoms with Crippen molar-refractivity contribution >= 4 is 39.2 Å². The molecule has 4 aromatic rings. The number of piperazine rings is 1. The van der Waals surface area contributed by atoms with Gasteiger partial charge in [-0.2, -0.15) is 0 Å². The normalized spacial score (nSPS) is 14.9. The van der Waals surface area contributed by atoms with E-state index < -0.39 is 0 Å². The Morgan fingerprint density at radius 3 is 2.55 bits per heavy atom. The van der Waals surface area contributed by atoms with Crippen LogP contribution in [0.15, 0.2) is 66.9 Å². The molecule has 0 bridgehead atoms. The van der Waals surface area contributed by atoms with Crippen molar-refractivity contribution in [3.8, 4) is 0 Å². The van der Waals surface area contributed by atoms with Crippen LogP contribution < -0.4 is 20.1 Å². The molecule has 0 spiro atoms. The van der Waals surface area contributed by atoms with Gasteiger partial charge in [-0.05, 0) is 37.3 Å². The summed E-state index contributed by atoms with van der Waals surface area (Å²) in [6, 6.07) is 20.9. The van der Waals surface area contributed by atoms with Crippen molar-refractivity contribution in [1.82, 2.24) is 4.57 Å². The third-order valence-electron chi connectivity index (χ3n) is 6.29. The fraction of sp³-hybridized carbons (Fsp3) is 0.280. The number of benzene rings is 2. The van der Waals surface area contributed by atoms with Crippen molar-refractivity contribution in [3.63, 3.8) is 0 Å². The molecule has 1 saturated heterocycles. The second kappa shape index (κ2) is 8.40. The average molecular weight is 416 g/mol. The van der Waals surface area contributed by atoms with Crippen LogP contribution in [-0.4, -0.2) is 43.2 Å². The Morgan fingerprint density at radius 2 is 1.77 bits per heavy atom. The number of carbonyl (C=O) groups is 1. The SMILES string of the molecule is CCn1c2ccccc2c2cc(NC(=O)C[NH+]3CCN(c4cccc[nH+]4)CC3)ccc21. The molecule has 0 radical (unpaired) electrons. The summed E-state index contributed by atoms with van der Waals surface area (Å²) in [6.45, 7) is 7.41. The molecule has 1 fully saturated rings. The largest absolute Gasteiger partial charge is 0.341 e. The van der Waals surface area contributed by atoms with Gasteiger partial charge in [0.1, 0.15) is 26.2 Å². The first-order valence-electron chi connectivity index (χ1n) is 11.1. The van der Waals surface area contributed by atoms with Crippen molar-refractivity contribution in [2.45, 2.75) is 13.5 Å². The van der Waals surface area contributed by atoms with Crippen LogP contribution in [0.4, 0.5) is 11.5 Å². The van der Waals surface area contributed by atoms with Gasteiger partial charge >= 0.3 is 0 Å². The van der Waals surface area contributed by atoms with Crippen LogP contribution in [0.2, 0.25) is 0 Å². The van der Waals surface area contributed by atoms with Gasteiger partial charge in [0.2, 0.25) is 0 Å². The van der Waals surface area contributed by atoms with E-state index in [0.29, 0.717) is 6.54 Å². The summed E-state index contributed by atoms with van der Waals surface area (Å²) < 4.78 is 2.32. The molecule has 6 nitrogen and oxygen atoms in total. The number of rotatable bonds is 5. The molecule has 0 saturated carbocycles. The van der Waals surface area contributed by atoms with E-state index in [1.165, 1.54) is 26.7 Å². The molecular weight excluding hydrogens is 386 g/mol. The first-order valence-corrected chi connectivity index (χ1v) is 11.1. The maximum absolute atomic E-state index is 12.7. The molecule has 1 amide bonds. The topological polar surface area (TPSA) is 55.9 Å². The van der Waals surface area contributed by atoms with E-state index in [9.17, 15) is 4.79 Å². The van der Waals surface area contributed by atoms with Crippen LogP contribution in [0.25, 0.3) is 21.8 Å². The number of aryl methyl sites for hydroxylation is 1. The van der Waals surface area contributed by atoms with E-state index in [1.807, 2.05) is 24.4 Å². The molecule has 3 heterocycles. The Hall–Kier alpha value is -3.38. The highest BCUT2D eigenvalue weighted by molar-refractivity contribution is 6.09. The van der Waals surface area contributed by atoms with E-state index in [1.54, 1.807) is 0 Å². The number of H-pyrrole nitrogens is 1. The Labute approximate surface area is 182 Å². The summed E-state index contributed by atoms with van der Waals surface area (Å²) in [7, 11) is 0. The van der Waals surface area contributed by atoms with Crippen LogP contribution in [-0.2, 0) is 11.3 Å². The zero-order valence-electron chi connectivity index (χ0n) is 17.9. The summed E-state index contributed by atoms with van der Waals surface area (Å²) in [5, 5.41) is 5.55. The molecule has 0 aliphatic carbocycles. The number of fused-ring (bicyclic) bond motifs is 3. The summed E-state index contributed by atoms with van der Waals surface area (Å²) in [4.78, 5) is 19.7. The number of nitrogens with zero attached hydrogens (tertiary/aromatic N) is 2. The van der Waals surface area contributed by atoms with Gasteiger partial charge < -0.3 is 14.8 Å². The maximum atomic E-state index is 12.7. The fourth-order valence-corrected chi connectivity index (χ4v) is 4.73. The van der Waals surface area contributed by atoms with Gasteiger partial charge in [-0.25, -0.2) is 4.98 Å². The van der Waals surface area contributed by atoms with Gasteiger partial charge in [-0.1, -0.05) is 24.3 Å². The lowest BCUT2D eigenvalue weighted by atomic mass is 10.1. The predicted molar refractivity (Wildman–Crippen MR) is 125 cm³/mol. The lowest BCUT2D eigenvalue weighted by Gasteiger charge is -2.27. The molecule has 0 atom stereocenters. The van der Waals surface area contributed by atoms with Crippen LogP contribution in [0.5, 0.6) is 0 Å². The Balaban J connectivity index is 1.25. The van der Waals surface area contributed by atoms with Crippen molar-refractivity contribution in [1.29, 1.82) is 0 Å². The van der Waals surface area contributed by atoms with Gasteiger partial charge in [0, 0.05) is 40.1 Å². The second-order valence-corrected chi connectivity index (χ2v) is 8.20. The second-order valence-electron chi connectivity index (χ2n) is 8.20. The van der Waals surface area contributed by atoms with Crippen molar-refractivity contribution in [3.05, 3.63) is 66.9 Å². The van der Waals surface area contributed by atoms with Gasteiger partial charge in [0.05, 0.1) is 6.20 Å².